The van der Waals surface area contributed by atoms with Crippen LogP contribution in [-0.2, 0) is 6.54 Å². The SMILES string of the molecule is Nc1nc(Br)nc2nn(Cc3ccccc3Cl)cc12. The topological polar surface area (TPSA) is 69.6 Å². The molecule has 0 radical (unpaired) electrons. The van der Waals surface area contributed by atoms with Gasteiger partial charge in [0.1, 0.15) is 5.82 Å². The second kappa shape index (κ2) is 4.79. The van der Waals surface area contributed by atoms with Crippen molar-refractivity contribution in [2.24, 2.45) is 0 Å². The highest BCUT2D eigenvalue weighted by molar-refractivity contribution is 9.10. The van der Waals surface area contributed by atoms with Gasteiger partial charge in [-0.05, 0) is 27.6 Å². The number of hydrogen-bond acceptors (Lipinski definition) is 4. The van der Waals surface area contributed by atoms with E-state index in [1.54, 1.807) is 4.68 Å². The molecule has 1 aromatic carbocycles. The van der Waals surface area contributed by atoms with Crippen LogP contribution in [0.3, 0.4) is 0 Å². The lowest BCUT2D eigenvalue weighted by Crippen LogP contribution is -2.00. The first-order valence-corrected chi connectivity index (χ1v) is 6.70. The summed E-state index contributed by atoms with van der Waals surface area (Å²) in [4.78, 5) is 8.23. The number of aromatic nitrogens is 4. The molecule has 2 heterocycles. The van der Waals surface area contributed by atoms with E-state index in [1.807, 2.05) is 30.5 Å². The highest BCUT2D eigenvalue weighted by Gasteiger charge is 2.09. The van der Waals surface area contributed by atoms with Gasteiger partial charge in [-0.2, -0.15) is 10.1 Å². The summed E-state index contributed by atoms with van der Waals surface area (Å²) in [6.45, 7) is 0.563. The van der Waals surface area contributed by atoms with Crippen LogP contribution >= 0.6 is 27.5 Å². The molecule has 0 aliphatic heterocycles. The minimum absolute atomic E-state index is 0.405. The van der Waals surface area contributed by atoms with Crippen LogP contribution in [0.2, 0.25) is 5.02 Å². The van der Waals surface area contributed by atoms with E-state index in [9.17, 15) is 0 Å². The third-order valence-electron chi connectivity index (χ3n) is 2.72. The fourth-order valence-corrected chi connectivity index (χ4v) is 2.38. The summed E-state index contributed by atoms with van der Waals surface area (Å²) in [5.74, 6) is 0.405. The molecule has 0 aliphatic carbocycles. The third kappa shape index (κ3) is 2.41. The monoisotopic (exact) mass is 337 g/mol. The van der Waals surface area contributed by atoms with E-state index in [2.05, 4.69) is 31.0 Å². The van der Waals surface area contributed by atoms with Crippen molar-refractivity contribution in [2.75, 3.05) is 5.73 Å². The molecule has 2 aromatic heterocycles. The van der Waals surface area contributed by atoms with Crippen molar-refractivity contribution in [1.29, 1.82) is 0 Å². The summed E-state index contributed by atoms with van der Waals surface area (Å²) in [6, 6.07) is 7.64. The molecule has 0 saturated carbocycles. The molecule has 19 heavy (non-hydrogen) atoms. The van der Waals surface area contributed by atoms with Gasteiger partial charge in [-0.3, -0.25) is 4.68 Å². The fourth-order valence-electron chi connectivity index (χ4n) is 1.83. The Labute approximate surface area is 122 Å². The van der Waals surface area contributed by atoms with Gasteiger partial charge in [-0.15, -0.1) is 0 Å². The maximum absolute atomic E-state index is 6.13. The number of rotatable bonds is 2. The van der Waals surface area contributed by atoms with Crippen molar-refractivity contribution in [2.45, 2.75) is 6.54 Å². The molecular formula is C12H9BrClN5. The van der Waals surface area contributed by atoms with Crippen LogP contribution in [0.4, 0.5) is 5.82 Å². The minimum Gasteiger partial charge on any atom is -0.383 e. The quantitative estimate of drug-likeness (QED) is 0.729. The van der Waals surface area contributed by atoms with Crippen molar-refractivity contribution in [3.8, 4) is 0 Å². The lowest BCUT2D eigenvalue weighted by atomic mass is 10.2. The van der Waals surface area contributed by atoms with Gasteiger partial charge in [0.15, 0.2) is 5.65 Å². The smallest absolute Gasteiger partial charge is 0.200 e. The Morgan fingerprint density at radius 1 is 1.26 bits per heavy atom. The van der Waals surface area contributed by atoms with Crippen LogP contribution in [0, 0.1) is 0 Å². The number of nitrogens with zero attached hydrogens (tertiary/aromatic N) is 4. The summed E-state index contributed by atoms with van der Waals surface area (Å²) >= 11 is 9.33. The number of anilines is 1. The van der Waals surface area contributed by atoms with E-state index >= 15 is 0 Å². The number of fused-ring (bicyclic) bond motifs is 1. The molecule has 3 rings (SSSR count). The Bertz CT molecular complexity index is 755. The normalized spacial score (nSPS) is 11.1. The summed E-state index contributed by atoms with van der Waals surface area (Å²) in [5, 5.41) is 5.81. The predicted molar refractivity (Wildman–Crippen MR) is 78.0 cm³/mol. The lowest BCUT2D eigenvalue weighted by Gasteiger charge is -2.03. The number of benzene rings is 1. The van der Waals surface area contributed by atoms with Crippen LogP contribution in [0.15, 0.2) is 35.2 Å². The van der Waals surface area contributed by atoms with Gasteiger partial charge in [0.25, 0.3) is 0 Å². The Hall–Kier alpha value is -1.66. The van der Waals surface area contributed by atoms with Gasteiger partial charge in [-0.25, -0.2) is 4.98 Å². The molecule has 0 aliphatic rings. The average Bonchev–Trinajstić information content (AvgIpc) is 2.75. The van der Waals surface area contributed by atoms with Crippen molar-refractivity contribution in [3.05, 3.63) is 45.8 Å². The zero-order valence-corrected chi connectivity index (χ0v) is 12.1. The number of hydrogen-bond donors (Lipinski definition) is 1. The van der Waals surface area contributed by atoms with Crippen molar-refractivity contribution < 1.29 is 0 Å². The first-order valence-electron chi connectivity index (χ1n) is 5.53. The summed E-state index contributed by atoms with van der Waals surface area (Å²) in [7, 11) is 0. The molecule has 0 bridgehead atoms. The standard InChI is InChI=1S/C12H9BrClN5/c13-12-16-10(15)8-6-19(18-11(8)17-12)5-7-3-1-2-4-9(7)14/h1-4,6H,5H2,(H2,15,16,17,18). The Balaban J connectivity index is 2.03. The molecule has 5 nitrogen and oxygen atoms in total. The minimum atomic E-state index is 0.405. The van der Waals surface area contributed by atoms with Crippen LogP contribution in [-0.4, -0.2) is 19.7 Å². The highest BCUT2D eigenvalue weighted by atomic mass is 79.9. The van der Waals surface area contributed by atoms with E-state index < -0.39 is 0 Å². The van der Waals surface area contributed by atoms with Crippen LogP contribution in [0.1, 0.15) is 5.56 Å². The summed E-state index contributed by atoms with van der Waals surface area (Å²) in [5.41, 5.74) is 7.38. The van der Waals surface area contributed by atoms with E-state index in [0.29, 0.717) is 27.8 Å². The highest BCUT2D eigenvalue weighted by Crippen LogP contribution is 2.21. The molecule has 0 atom stereocenters. The molecule has 2 N–H and O–H groups in total. The Morgan fingerprint density at radius 3 is 2.84 bits per heavy atom. The zero-order valence-electron chi connectivity index (χ0n) is 9.72. The van der Waals surface area contributed by atoms with E-state index in [-0.39, 0.29) is 0 Å². The maximum Gasteiger partial charge on any atom is 0.200 e. The fraction of sp³-hybridized carbons (Fsp3) is 0.0833. The van der Waals surface area contributed by atoms with Gasteiger partial charge >= 0.3 is 0 Å². The Kier molecular flexibility index (Phi) is 3.12. The van der Waals surface area contributed by atoms with Crippen LogP contribution in [0.25, 0.3) is 11.0 Å². The molecule has 96 valence electrons. The lowest BCUT2D eigenvalue weighted by molar-refractivity contribution is 0.693. The first-order chi connectivity index (χ1) is 9.13. The van der Waals surface area contributed by atoms with Gasteiger partial charge in [-0.1, -0.05) is 29.8 Å². The summed E-state index contributed by atoms with van der Waals surface area (Å²) < 4.78 is 2.18. The molecule has 0 amide bonds. The molecule has 3 aromatic rings. The van der Waals surface area contributed by atoms with Gasteiger partial charge in [0.05, 0.1) is 11.9 Å². The number of halogens is 2. The maximum atomic E-state index is 6.13. The van der Waals surface area contributed by atoms with Gasteiger partial charge in [0, 0.05) is 11.2 Å². The zero-order chi connectivity index (χ0) is 13.4. The molecular weight excluding hydrogens is 330 g/mol. The molecule has 0 fully saturated rings. The van der Waals surface area contributed by atoms with Crippen LogP contribution < -0.4 is 5.73 Å². The van der Waals surface area contributed by atoms with Gasteiger partial charge < -0.3 is 5.73 Å². The molecule has 0 unspecified atom stereocenters. The molecule has 0 spiro atoms. The van der Waals surface area contributed by atoms with Gasteiger partial charge in [0.2, 0.25) is 4.73 Å². The second-order valence-corrected chi connectivity index (χ2v) is 5.15. The first kappa shape index (κ1) is 12.4. The largest absolute Gasteiger partial charge is 0.383 e. The van der Waals surface area contributed by atoms with E-state index in [4.69, 9.17) is 17.3 Å². The molecule has 7 heteroatoms. The second-order valence-electron chi connectivity index (χ2n) is 4.03. The van der Waals surface area contributed by atoms with E-state index in [0.717, 1.165) is 10.9 Å². The van der Waals surface area contributed by atoms with E-state index in [1.165, 1.54) is 0 Å². The predicted octanol–water partition coefficient (Wildman–Crippen LogP) is 2.87. The van der Waals surface area contributed by atoms with Crippen molar-refractivity contribution in [3.63, 3.8) is 0 Å². The van der Waals surface area contributed by atoms with Crippen molar-refractivity contribution in [1.82, 2.24) is 19.7 Å². The number of nitrogens with two attached hydrogens (primary N) is 1. The Morgan fingerprint density at radius 2 is 2.05 bits per heavy atom. The third-order valence-corrected chi connectivity index (χ3v) is 3.44. The summed E-state index contributed by atoms with van der Waals surface area (Å²) in [6.07, 6.45) is 1.82. The van der Waals surface area contributed by atoms with Crippen molar-refractivity contribution >= 4 is 44.4 Å². The number of nitrogen functional groups attached to an aromatic ring is 1. The van der Waals surface area contributed by atoms with Crippen LogP contribution in [0.5, 0.6) is 0 Å². The molecule has 0 saturated heterocycles. The average molecular weight is 339 g/mol.